The third-order valence-electron chi connectivity index (χ3n) is 6.45. The number of carbonyl (C=O) groups is 2. The van der Waals surface area contributed by atoms with Gasteiger partial charge in [-0.25, -0.2) is 22.2 Å². The zero-order valence-electron chi connectivity index (χ0n) is 16.7. The van der Waals surface area contributed by atoms with Gasteiger partial charge in [0.1, 0.15) is 0 Å². The molecule has 1 aromatic rings. The van der Waals surface area contributed by atoms with Crippen LogP contribution in [0.3, 0.4) is 0 Å². The van der Waals surface area contributed by atoms with Gasteiger partial charge in [0, 0.05) is 24.7 Å². The summed E-state index contributed by atoms with van der Waals surface area (Å²) in [5.74, 6) is -5.70. The molecule has 30 heavy (non-hydrogen) atoms. The Bertz CT molecular complexity index is 950. The van der Waals surface area contributed by atoms with Crippen molar-refractivity contribution in [2.24, 2.45) is 11.8 Å². The zero-order valence-corrected chi connectivity index (χ0v) is 17.5. The summed E-state index contributed by atoms with van der Waals surface area (Å²) >= 11 is 0. The molecule has 1 aliphatic heterocycles. The first-order valence-corrected chi connectivity index (χ1v) is 11.7. The van der Waals surface area contributed by atoms with Gasteiger partial charge in [-0.1, -0.05) is 6.07 Å². The molecule has 2 saturated carbocycles. The molecule has 1 N–H and O–H groups in total. The fraction of sp³-hybridized carbons (Fsp3) is 0.650. The summed E-state index contributed by atoms with van der Waals surface area (Å²) in [4.78, 5) is 31.0. The molecule has 0 aromatic carbocycles. The van der Waals surface area contributed by atoms with Crippen LogP contribution < -0.4 is 5.32 Å². The van der Waals surface area contributed by atoms with E-state index in [1.807, 2.05) is 6.92 Å². The molecule has 3 unspecified atom stereocenters. The number of alkyl halides is 2. The third-order valence-corrected chi connectivity index (χ3v) is 8.53. The van der Waals surface area contributed by atoms with Crippen LogP contribution in [0, 0.1) is 11.8 Å². The molecule has 2 amide bonds. The molecule has 1 saturated heterocycles. The molecule has 0 spiro atoms. The number of pyridine rings is 1. The molecular formula is C20H25F2N3O4S. The van der Waals surface area contributed by atoms with Crippen molar-refractivity contribution in [3.8, 4) is 0 Å². The smallest absolute Gasteiger partial charge is 0.267 e. The minimum Gasteiger partial charge on any atom is -0.351 e. The number of aromatic nitrogens is 1. The molecular weight excluding hydrogens is 416 g/mol. The van der Waals surface area contributed by atoms with Gasteiger partial charge in [0.25, 0.3) is 5.92 Å². The monoisotopic (exact) mass is 441 g/mol. The SMILES string of the molecule is CC1(NC(=O)C2CC(S(=O)(=O)c3ccccn3)CC2C(=O)N2CCC(F)(F)C2)CC1. The van der Waals surface area contributed by atoms with E-state index in [1.54, 1.807) is 12.1 Å². The van der Waals surface area contributed by atoms with Crippen molar-refractivity contribution in [1.29, 1.82) is 0 Å². The minimum atomic E-state index is -3.86. The van der Waals surface area contributed by atoms with E-state index in [0.717, 1.165) is 17.7 Å². The fourth-order valence-electron chi connectivity index (χ4n) is 4.35. The van der Waals surface area contributed by atoms with Gasteiger partial charge in [-0.3, -0.25) is 9.59 Å². The second-order valence-electron chi connectivity index (χ2n) is 8.94. The van der Waals surface area contributed by atoms with Crippen molar-refractivity contribution in [3.63, 3.8) is 0 Å². The van der Waals surface area contributed by atoms with Gasteiger partial charge >= 0.3 is 0 Å². The normalized spacial score (nSPS) is 29.6. The second-order valence-corrected chi connectivity index (χ2v) is 11.1. The predicted octanol–water partition coefficient (Wildman–Crippen LogP) is 1.79. The lowest BCUT2D eigenvalue weighted by atomic mass is 9.93. The molecule has 2 aliphatic carbocycles. The molecule has 2 heterocycles. The maximum atomic E-state index is 13.6. The fourth-order valence-corrected chi connectivity index (χ4v) is 6.09. The second kappa shape index (κ2) is 7.25. The number of nitrogens with one attached hydrogen (secondary N) is 1. The number of halogens is 2. The average Bonchev–Trinajstić information content (AvgIpc) is 3.10. The highest BCUT2D eigenvalue weighted by Gasteiger charge is 2.52. The van der Waals surface area contributed by atoms with Crippen LogP contribution in [-0.4, -0.2) is 59.9 Å². The van der Waals surface area contributed by atoms with Gasteiger partial charge in [-0.2, -0.15) is 0 Å². The van der Waals surface area contributed by atoms with E-state index in [2.05, 4.69) is 10.3 Å². The topological polar surface area (TPSA) is 96.4 Å². The highest BCUT2D eigenvalue weighted by Crippen LogP contribution is 2.42. The first kappa shape index (κ1) is 21.1. The maximum Gasteiger partial charge on any atom is 0.267 e. The molecule has 164 valence electrons. The summed E-state index contributed by atoms with van der Waals surface area (Å²) in [5.41, 5.74) is -0.330. The first-order valence-electron chi connectivity index (χ1n) is 10.1. The molecule has 10 heteroatoms. The Morgan fingerprint density at radius 1 is 1.17 bits per heavy atom. The maximum absolute atomic E-state index is 13.6. The van der Waals surface area contributed by atoms with Crippen molar-refractivity contribution in [2.45, 2.75) is 60.8 Å². The lowest BCUT2D eigenvalue weighted by Crippen LogP contribution is -2.44. The van der Waals surface area contributed by atoms with E-state index < -0.39 is 51.7 Å². The van der Waals surface area contributed by atoms with Crippen molar-refractivity contribution >= 4 is 21.7 Å². The van der Waals surface area contributed by atoms with E-state index in [0.29, 0.717) is 0 Å². The molecule has 0 bridgehead atoms. The summed E-state index contributed by atoms with van der Waals surface area (Å²) in [6.07, 6.45) is 2.48. The number of hydrogen-bond donors (Lipinski definition) is 1. The van der Waals surface area contributed by atoms with Crippen LogP contribution in [0.15, 0.2) is 29.4 Å². The molecule has 3 fully saturated rings. The third kappa shape index (κ3) is 4.06. The lowest BCUT2D eigenvalue weighted by molar-refractivity contribution is -0.141. The number of hydrogen-bond acceptors (Lipinski definition) is 5. The largest absolute Gasteiger partial charge is 0.351 e. The van der Waals surface area contributed by atoms with Crippen molar-refractivity contribution < 1.29 is 26.8 Å². The highest BCUT2D eigenvalue weighted by atomic mass is 32.2. The number of carbonyl (C=O) groups excluding carboxylic acids is 2. The van der Waals surface area contributed by atoms with E-state index in [4.69, 9.17) is 0 Å². The molecule has 1 aromatic heterocycles. The Balaban J connectivity index is 1.59. The summed E-state index contributed by atoms with van der Waals surface area (Å²) in [7, 11) is -3.86. The van der Waals surface area contributed by atoms with E-state index in [-0.39, 0.29) is 35.9 Å². The van der Waals surface area contributed by atoms with E-state index >= 15 is 0 Å². The Labute approximate surface area is 174 Å². The van der Waals surface area contributed by atoms with Gasteiger partial charge in [-0.05, 0) is 44.7 Å². The van der Waals surface area contributed by atoms with E-state index in [9.17, 15) is 26.8 Å². The Morgan fingerprint density at radius 3 is 2.43 bits per heavy atom. The van der Waals surface area contributed by atoms with Gasteiger partial charge in [0.15, 0.2) is 14.9 Å². The van der Waals surface area contributed by atoms with Gasteiger partial charge in [0.05, 0.1) is 23.6 Å². The Hall–Kier alpha value is -2.10. The average molecular weight is 442 g/mol. The van der Waals surface area contributed by atoms with Crippen LogP contribution >= 0.6 is 0 Å². The standard InChI is InChI=1S/C20H25F2N3O4S/c1-19(5-6-19)24-17(26)14-10-13(30(28,29)16-4-2-3-8-23-16)11-15(14)18(27)25-9-7-20(21,22)12-25/h2-4,8,13-15H,5-7,9-12H2,1H3,(H,24,26). The molecule has 0 radical (unpaired) electrons. The summed E-state index contributed by atoms with van der Waals surface area (Å²) in [5, 5.41) is 1.83. The summed E-state index contributed by atoms with van der Waals surface area (Å²) < 4.78 is 53.4. The quantitative estimate of drug-likeness (QED) is 0.752. The lowest BCUT2D eigenvalue weighted by Gasteiger charge is -2.25. The van der Waals surface area contributed by atoms with Crippen LogP contribution in [0.4, 0.5) is 8.78 Å². The van der Waals surface area contributed by atoms with Crippen molar-refractivity contribution in [1.82, 2.24) is 15.2 Å². The van der Waals surface area contributed by atoms with Crippen LogP contribution in [-0.2, 0) is 19.4 Å². The van der Waals surface area contributed by atoms with Crippen LogP contribution in [0.25, 0.3) is 0 Å². The van der Waals surface area contributed by atoms with Crippen molar-refractivity contribution in [2.75, 3.05) is 13.1 Å². The van der Waals surface area contributed by atoms with Gasteiger partial charge in [0.2, 0.25) is 11.8 Å². The molecule has 7 nitrogen and oxygen atoms in total. The molecule has 3 atom stereocenters. The minimum absolute atomic E-state index is 0.0263. The number of rotatable bonds is 5. The van der Waals surface area contributed by atoms with Crippen LogP contribution in [0.1, 0.15) is 39.0 Å². The summed E-state index contributed by atoms with van der Waals surface area (Å²) in [6, 6.07) is 4.54. The first-order chi connectivity index (χ1) is 14.0. The highest BCUT2D eigenvalue weighted by molar-refractivity contribution is 7.92. The van der Waals surface area contributed by atoms with Gasteiger partial charge < -0.3 is 10.2 Å². The number of nitrogens with zero attached hydrogens (tertiary/aromatic N) is 2. The van der Waals surface area contributed by atoms with E-state index in [1.165, 1.54) is 12.3 Å². The molecule has 4 rings (SSSR count). The number of likely N-dealkylation sites (tertiary alicyclic amines) is 1. The van der Waals surface area contributed by atoms with Crippen molar-refractivity contribution in [3.05, 3.63) is 24.4 Å². The number of sulfone groups is 1. The Kier molecular flexibility index (Phi) is 5.11. The summed E-state index contributed by atoms with van der Waals surface area (Å²) in [6.45, 7) is 1.11. The van der Waals surface area contributed by atoms with Crippen LogP contribution in [0.5, 0.6) is 0 Å². The zero-order chi connectivity index (χ0) is 21.7. The molecule has 3 aliphatic rings. The van der Waals surface area contributed by atoms with Gasteiger partial charge in [-0.15, -0.1) is 0 Å². The number of amides is 2. The predicted molar refractivity (Wildman–Crippen MR) is 103 cm³/mol. The Morgan fingerprint density at radius 2 is 1.87 bits per heavy atom. The van der Waals surface area contributed by atoms with Crippen LogP contribution in [0.2, 0.25) is 0 Å².